The highest BCUT2D eigenvalue weighted by Gasteiger charge is 2.14. The van der Waals surface area contributed by atoms with Crippen molar-refractivity contribution < 1.29 is 4.79 Å². The van der Waals surface area contributed by atoms with Gasteiger partial charge in [0.2, 0.25) is 0 Å². The molecule has 0 radical (unpaired) electrons. The van der Waals surface area contributed by atoms with Gasteiger partial charge in [0.25, 0.3) is 5.91 Å². The summed E-state index contributed by atoms with van der Waals surface area (Å²) in [6.45, 7) is 6.05. The van der Waals surface area contributed by atoms with Gasteiger partial charge >= 0.3 is 0 Å². The van der Waals surface area contributed by atoms with Crippen LogP contribution in [0, 0.1) is 32.1 Å². The van der Waals surface area contributed by atoms with E-state index in [9.17, 15) is 10.1 Å². The first-order chi connectivity index (χ1) is 13.4. The third-order valence-corrected chi connectivity index (χ3v) is 5.00. The van der Waals surface area contributed by atoms with Crippen molar-refractivity contribution in [2.75, 3.05) is 5.32 Å². The number of hydrogen-bond donors (Lipinski definition) is 1. The fourth-order valence-electron chi connectivity index (χ4n) is 3.09. The van der Waals surface area contributed by atoms with E-state index in [0.29, 0.717) is 5.69 Å². The fourth-order valence-corrected chi connectivity index (χ4v) is 3.49. The van der Waals surface area contributed by atoms with Crippen LogP contribution < -0.4 is 5.32 Å². The van der Waals surface area contributed by atoms with Crippen LogP contribution >= 0.6 is 15.9 Å². The molecular weight excluding hydrogens is 414 g/mol. The van der Waals surface area contributed by atoms with Crippen LogP contribution in [-0.2, 0) is 4.79 Å². The molecule has 0 saturated heterocycles. The largest absolute Gasteiger partial charge is 0.321 e. The van der Waals surface area contributed by atoms with Crippen LogP contribution in [0.5, 0.6) is 0 Å². The van der Waals surface area contributed by atoms with Crippen LogP contribution in [0.1, 0.15) is 22.5 Å². The van der Waals surface area contributed by atoms with E-state index in [1.165, 1.54) is 5.56 Å². The molecule has 0 atom stereocenters. The maximum atomic E-state index is 12.5. The van der Waals surface area contributed by atoms with E-state index in [1.54, 1.807) is 18.2 Å². The fraction of sp³-hybridized carbons (Fsp3) is 0.130. The van der Waals surface area contributed by atoms with Crippen molar-refractivity contribution >= 4 is 33.6 Å². The summed E-state index contributed by atoms with van der Waals surface area (Å²) in [5.41, 5.74) is 5.80. The standard InChI is InChI=1S/C23H20BrN3O/c1-15-7-9-22(10-8-15)27-16(2)11-18(17(27)3)12-19(14-25)23(28)26-21-6-4-5-20(24)13-21/h4-13H,1-3H3,(H,26,28)/b19-12-. The molecular formula is C23H20BrN3O. The molecule has 3 rings (SSSR count). The lowest BCUT2D eigenvalue weighted by Crippen LogP contribution is -2.13. The lowest BCUT2D eigenvalue weighted by atomic mass is 10.1. The monoisotopic (exact) mass is 433 g/mol. The second kappa shape index (κ2) is 8.28. The van der Waals surface area contributed by atoms with Crippen LogP contribution in [0.4, 0.5) is 5.69 Å². The van der Waals surface area contributed by atoms with Gasteiger partial charge in [0.05, 0.1) is 0 Å². The van der Waals surface area contributed by atoms with Crippen LogP contribution in [0.25, 0.3) is 11.8 Å². The molecule has 0 unspecified atom stereocenters. The molecule has 0 aliphatic carbocycles. The zero-order valence-corrected chi connectivity index (χ0v) is 17.5. The number of nitrogens with one attached hydrogen (secondary N) is 1. The third kappa shape index (κ3) is 4.24. The number of aryl methyl sites for hydroxylation is 2. The van der Waals surface area contributed by atoms with Crippen molar-refractivity contribution in [2.45, 2.75) is 20.8 Å². The second-order valence-electron chi connectivity index (χ2n) is 6.63. The lowest BCUT2D eigenvalue weighted by Gasteiger charge is -2.10. The predicted molar refractivity (Wildman–Crippen MR) is 116 cm³/mol. The number of carbonyl (C=O) groups excluding carboxylic acids is 1. The quantitative estimate of drug-likeness (QED) is 0.422. The summed E-state index contributed by atoms with van der Waals surface area (Å²) in [7, 11) is 0. The molecule has 2 aromatic carbocycles. The van der Waals surface area contributed by atoms with E-state index in [-0.39, 0.29) is 5.57 Å². The minimum Gasteiger partial charge on any atom is -0.321 e. The van der Waals surface area contributed by atoms with Gasteiger partial charge in [-0.15, -0.1) is 0 Å². The molecule has 28 heavy (non-hydrogen) atoms. The zero-order chi connectivity index (χ0) is 20.3. The minimum atomic E-state index is -0.430. The molecule has 0 aliphatic heterocycles. The Hall–Kier alpha value is -3.10. The van der Waals surface area contributed by atoms with Crippen molar-refractivity contribution in [3.63, 3.8) is 0 Å². The molecule has 1 heterocycles. The summed E-state index contributed by atoms with van der Waals surface area (Å²) in [6, 6.07) is 19.5. The first-order valence-corrected chi connectivity index (χ1v) is 9.63. The van der Waals surface area contributed by atoms with E-state index in [2.05, 4.69) is 57.0 Å². The van der Waals surface area contributed by atoms with Crippen molar-refractivity contribution in [2.24, 2.45) is 0 Å². The molecule has 1 N–H and O–H groups in total. The van der Waals surface area contributed by atoms with Gasteiger partial charge in [-0.25, -0.2) is 0 Å². The Balaban J connectivity index is 1.93. The number of hydrogen-bond acceptors (Lipinski definition) is 2. The summed E-state index contributed by atoms with van der Waals surface area (Å²) in [4.78, 5) is 12.5. The highest BCUT2D eigenvalue weighted by Crippen LogP contribution is 2.24. The minimum absolute atomic E-state index is 0.0594. The zero-order valence-electron chi connectivity index (χ0n) is 16.0. The first-order valence-electron chi connectivity index (χ1n) is 8.83. The number of carbonyl (C=O) groups is 1. The number of nitrogens with zero attached hydrogens (tertiary/aromatic N) is 2. The SMILES string of the molecule is Cc1ccc(-n2c(C)cc(/C=C(/C#N)C(=O)Nc3cccc(Br)c3)c2C)cc1. The number of aromatic nitrogens is 1. The Bertz CT molecular complexity index is 1100. The molecule has 4 nitrogen and oxygen atoms in total. The van der Waals surface area contributed by atoms with E-state index >= 15 is 0 Å². The maximum absolute atomic E-state index is 12.5. The maximum Gasteiger partial charge on any atom is 0.266 e. The van der Waals surface area contributed by atoms with Crippen molar-refractivity contribution in [3.05, 3.63) is 87.2 Å². The number of amides is 1. The Morgan fingerprint density at radius 2 is 1.82 bits per heavy atom. The number of rotatable bonds is 4. The van der Waals surface area contributed by atoms with E-state index in [4.69, 9.17) is 0 Å². The van der Waals surface area contributed by atoms with Gasteiger partial charge in [-0.05, 0) is 68.8 Å². The highest BCUT2D eigenvalue weighted by molar-refractivity contribution is 9.10. The molecule has 0 fully saturated rings. The number of benzene rings is 2. The van der Waals surface area contributed by atoms with Crippen LogP contribution in [0.3, 0.4) is 0 Å². The molecule has 140 valence electrons. The van der Waals surface area contributed by atoms with Gasteiger partial charge in [-0.1, -0.05) is 39.7 Å². The second-order valence-corrected chi connectivity index (χ2v) is 7.55. The molecule has 0 spiro atoms. The van der Waals surface area contributed by atoms with Crippen molar-refractivity contribution in [1.29, 1.82) is 5.26 Å². The topological polar surface area (TPSA) is 57.8 Å². The van der Waals surface area contributed by atoms with Gasteiger partial charge in [-0.2, -0.15) is 5.26 Å². The van der Waals surface area contributed by atoms with Gasteiger partial charge in [0.15, 0.2) is 0 Å². The summed E-state index contributed by atoms with van der Waals surface area (Å²) in [5.74, 6) is -0.430. The molecule has 1 amide bonds. The molecule has 3 aromatic rings. The Labute approximate surface area is 173 Å². The highest BCUT2D eigenvalue weighted by atomic mass is 79.9. The summed E-state index contributed by atoms with van der Waals surface area (Å²) >= 11 is 3.37. The Morgan fingerprint density at radius 1 is 1.11 bits per heavy atom. The molecule has 0 aliphatic rings. The van der Waals surface area contributed by atoms with Crippen LogP contribution in [0.2, 0.25) is 0 Å². The lowest BCUT2D eigenvalue weighted by molar-refractivity contribution is -0.112. The Kier molecular flexibility index (Phi) is 5.81. The first kappa shape index (κ1) is 19.7. The van der Waals surface area contributed by atoms with Gasteiger partial charge in [0.1, 0.15) is 11.6 Å². The van der Waals surface area contributed by atoms with E-state index < -0.39 is 5.91 Å². The van der Waals surface area contributed by atoms with E-state index in [1.807, 2.05) is 38.1 Å². The van der Waals surface area contributed by atoms with Crippen LogP contribution in [0.15, 0.2) is 64.6 Å². The van der Waals surface area contributed by atoms with Gasteiger partial charge < -0.3 is 9.88 Å². The van der Waals surface area contributed by atoms with Crippen molar-refractivity contribution in [3.8, 4) is 11.8 Å². The third-order valence-electron chi connectivity index (χ3n) is 4.51. The summed E-state index contributed by atoms with van der Waals surface area (Å²) in [5, 5.41) is 12.3. The van der Waals surface area contributed by atoms with E-state index in [0.717, 1.165) is 27.1 Å². The summed E-state index contributed by atoms with van der Waals surface area (Å²) in [6.07, 6.45) is 1.64. The average Bonchev–Trinajstić information content (AvgIpc) is 2.94. The molecule has 0 saturated carbocycles. The van der Waals surface area contributed by atoms with Crippen LogP contribution in [-0.4, -0.2) is 10.5 Å². The average molecular weight is 434 g/mol. The van der Waals surface area contributed by atoms with Gasteiger partial charge in [-0.3, -0.25) is 4.79 Å². The smallest absolute Gasteiger partial charge is 0.266 e. The number of halogens is 1. The van der Waals surface area contributed by atoms with Crippen molar-refractivity contribution in [1.82, 2.24) is 4.57 Å². The predicted octanol–water partition coefficient (Wildman–Crippen LogP) is 5.71. The Morgan fingerprint density at radius 3 is 2.46 bits per heavy atom. The summed E-state index contributed by atoms with van der Waals surface area (Å²) < 4.78 is 2.97. The molecule has 5 heteroatoms. The van der Waals surface area contributed by atoms with Gasteiger partial charge in [0, 0.05) is 27.2 Å². The molecule has 1 aromatic heterocycles. The number of anilines is 1. The number of nitriles is 1. The molecule has 0 bridgehead atoms. The normalized spacial score (nSPS) is 11.2.